The molecule has 0 saturated carbocycles. The van der Waals surface area contributed by atoms with Gasteiger partial charge in [0, 0.05) is 13.2 Å². The Bertz CT molecular complexity index is 415. The van der Waals surface area contributed by atoms with Crippen LogP contribution in [0.15, 0.2) is 24.3 Å². The second-order valence-electron chi connectivity index (χ2n) is 4.74. The normalized spacial score (nSPS) is 10.9. The first-order valence-electron chi connectivity index (χ1n) is 7.57. The van der Waals surface area contributed by atoms with Crippen LogP contribution in [0.2, 0.25) is 0 Å². The first-order valence-corrected chi connectivity index (χ1v) is 7.57. The molecule has 0 saturated heterocycles. The van der Waals surface area contributed by atoms with Gasteiger partial charge in [-0.15, -0.1) is 0 Å². The van der Waals surface area contributed by atoms with Gasteiger partial charge in [-0.2, -0.15) is 5.48 Å². The Morgan fingerprint density at radius 1 is 1.14 bits per heavy atom. The van der Waals surface area contributed by atoms with Crippen LogP contribution in [-0.2, 0) is 27.3 Å². The van der Waals surface area contributed by atoms with E-state index in [0.29, 0.717) is 13.2 Å². The lowest BCUT2D eigenvalue weighted by Gasteiger charge is -2.16. The molecule has 124 valence electrons. The van der Waals surface area contributed by atoms with Crippen LogP contribution in [0.1, 0.15) is 37.8 Å². The van der Waals surface area contributed by atoms with Gasteiger partial charge in [-0.3, -0.25) is 4.84 Å². The van der Waals surface area contributed by atoms with Gasteiger partial charge < -0.3 is 14.6 Å². The molecule has 0 bridgehead atoms. The van der Waals surface area contributed by atoms with Gasteiger partial charge in [0.1, 0.15) is 0 Å². The van der Waals surface area contributed by atoms with E-state index < -0.39 is 6.09 Å². The molecule has 0 spiro atoms. The fourth-order valence-corrected chi connectivity index (χ4v) is 2.04. The molecule has 22 heavy (non-hydrogen) atoms. The molecule has 1 amide bonds. The van der Waals surface area contributed by atoms with E-state index in [4.69, 9.17) is 19.4 Å². The van der Waals surface area contributed by atoms with Crippen molar-refractivity contribution in [1.29, 1.82) is 0 Å². The topological polar surface area (TPSA) is 77.0 Å². The quantitative estimate of drug-likeness (QED) is 0.485. The summed E-state index contributed by atoms with van der Waals surface area (Å²) in [6.45, 7) is 5.45. The smallest absolute Gasteiger partial charge is 0.428 e. The molecule has 0 aliphatic rings. The van der Waals surface area contributed by atoms with Gasteiger partial charge >= 0.3 is 6.09 Å². The first-order chi connectivity index (χ1) is 10.7. The molecule has 1 aromatic carbocycles. The average molecular weight is 311 g/mol. The number of benzene rings is 1. The number of carboxylic acid groups (broad SMARTS) is 1. The van der Waals surface area contributed by atoms with Crippen LogP contribution in [0, 0.1) is 0 Å². The van der Waals surface area contributed by atoms with Crippen molar-refractivity contribution in [2.45, 2.75) is 46.0 Å². The van der Waals surface area contributed by atoms with Crippen molar-refractivity contribution in [2.24, 2.45) is 0 Å². The molecule has 1 rings (SSSR count). The molecule has 2 N–H and O–H groups in total. The number of hydrogen-bond acceptors (Lipinski definition) is 4. The Morgan fingerprint density at radius 3 is 2.27 bits per heavy atom. The summed E-state index contributed by atoms with van der Waals surface area (Å²) < 4.78 is 11.0. The van der Waals surface area contributed by atoms with E-state index in [-0.39, 0.29) is 12.9 Å². The van der Waals surface area contributed by atoms with Crippen LogP contribution >= 0.6 is 0 Å². The molecule has 0 aliphatic carbocycles. The van der Waals surface area contributed by atoms with Crippen molar-refractivity contribution in [3.63, 3.8) is 0 Å². The molecule has 0 heterocycles. The fourth-order valence-electron chi connectivity index (χ4n) is 2.04. The Labute approximate surface area is 131 Å². The zero-order valence-electron chi connectivity index (χ0n) is 13.2. The van der Waals surface area contributed by atoms with E-state index in [9.17, 15) is 4.79 Å². The van der Waals surface area contributed by atoms with Gasteiger partial charge in [0.2, 0.25) is 0 Å². The summed E-state index contributed by atoms with van der Waals surface area (Å²) in [4.78, 5) is 15.1. The second-order valence-corrected chi connectivity index (χ2v) is 4.74. The molecule has 0 fully saturated rings. The largest absolute Gasteiger partial charge is 0.464 e. The maximum atomic E-state index is 10.3. The van der Waals surface area contributed by atoms with Gasteiger partial charge in [-0.25, -0.2) is 4.79 Å². The SMILES string of the molecule is CCOC(CCCc1ccc(CONC(=O)O)cc1)OCC. The highest BCUT2D eigenvalue weighted by Gasteiger charge is 2.07. The van der Waals surface area contributed by atoms with Crippen molar-refractivity contribution in [3.05, 3.63) is 35.4 Å². The highest BCUT2D eigenvalue weighted by atomic mass is 16.7. The number of rotatable bonds is 11. The minimum Gasteiger partial charge on any atom is -0.464 e. The summed E-state index contributed by atoms with van der Waals surface area (Å²) >= 11 is 0. The lowest BCUT2D eigenvalue weighted by atomic mass is 10.1. The van der Waals surface area contributed by atoms with Gasteiger partial charge in [0.05, 0.1) is 6.61 Å². The van der Waals surface area contributed by atoms with Gasteiger partial charge in [0.25, 0.3) is 0 Å². The number of nitrogens with one attached hydrogen (secondary N) is 1. The molecule has 6 heteroatoms. The van der Waals surface area contributed by atoms with Crippen molar-refractivity contribution < 1.29 is 24.2 Å². The van der Waals surface area contributed by atoms with Crippen LogP contribution in [-0.4, -0.2) is 30.7 Å². The predicted molar refractivity (Wildman–Crippen MR) is 82.4 cm³/mol. The van der Waals surface area contributed by atoms with E-state index in [2.05, 4.69) is 0 Å². The van der Waals surface area contributed by atoms with Gasteiger partial charge in [-0.1, -0.05) is 24.3 Å². The number of amides is 1. The highest BCUT2D eigenvalue weighted by Crippen LogP contribution is 2.11. The third kappa shape index (κ3) is 7.97. The zero-order chi connectivity index (χ0) is 16.2. The molecule has 0 unspecified atom stereocenters. The Kier molecular flexibility index (Phi) is 9.21. The number of ether oxygens (including phenoxy) is 2. The van der Waals surface area contributed by atoms with E-state index in [1.165, 1.54) is 5.56 Å². The monoisotopic (exact) mass is 311 g/mol. The predicted octanol–water partition coefficient (Wildman–Crippen LogP) is 3.11. The summed E-state index contributed by atoms with van der Waals surface area (Å²) in [5, 5.41) is 8.40. The maximum Gasteiger partial charge on any atom is 0.428 e. The minimum atomic E-state index is -1.20. The Morgan fingerprint density at radius 2 is 1.73 bits per heavy atom. The minimum absolute atomic E-state index is 0.121. The summed E-state index contributed by atoms with van der Waals surface area (Å²) in [5.41, 5.74) is 4.01. The Balaban J connectivity index is 2.29. The number of hydrogen-bond donors (Lipinski definition) is 2. The number of hydroxylamine groups is 1. The van der Waals surface area contributed by atoms with Crippen molar-refractivity contribution in [3.8, 4) is 0 Å². The highest BCUT2D eigenvalue weighted by molar-refractivity contribution is 5.62. The molecule has 0 radical (unpaired) electrons. The van der Waals surface area contributed by atoms with Crippen molar-refractivity contribution in [2.75, 3.05) is 13.2 Å². The molecule has 0 aliphatic heterocycles. The van der Waals surface area contributed by atoms with E-state index >= 15 is 0 Å². The molecular formula is C16H25NO5. The van der Waals surface area contributed by atoms with E-state index in [1.54, 1.807) is 0 Å². The molecule has 0 aromatic heterocycles. The van der Waals surface area contributed by atoms with E-state index in [0.717, 1.165) is 24.8 Å². The van der Waals surface area contributed by atoms with Crippen LogP contribution in [0.3, 0.4) is 0 Å². The Hall–Kier alpha value is -1.63. The van der Waals surface area contributed by atoms with Crippen LogP contribution in [0.5, 0.6) is 0 Å². The van der Waals surface area contributed by atoms with Gasteiger partial charge in [0.15, 0.2) is 6.29 Å². The average Bonchev–Trinajstić information content (AvgIpc) is 2.49. The molecule has 1 aromatic rings. The third-order valence-corrected chi connectivity index (χ3v) is 3.03. The van der Waals surface area contributed by atoms with Crippen molar-refractivity contribution >= 4 is 6.09 Å². The third-order valence-electron chi connectivity index (χ3n) is 3.03. The molecule has 0 atom stereocenters. The summed E-state index contributed by atoms with van der Waals surface area (Å²) in [7, 11) is 0. The molecule has 6 nitrogen and oxygen atoms in total. The van der Waals surface area contributed by atoms with Crippen LogP contribution in [0.4, 0.5) is 4.79 Å². The van der Waals surface area contributed by atoms with Crippen molar-refractivity contribution in [1.82, 2.24) is 5.48 Å². The second kappa shape index (κ2) is 11.0. The fraction of sp³-hybridized carbons (Fsp3) is 0.562. The number of aryl methyl sites for hydroxylation is 1. The lowest BCUT2D eigenvalue weighted by molar-refractivity contribution is -0.139. The summed E-state index contributed by atoms with van der Waals surface area (Å²) in [6.07, 6.45) is 1.49. The van der Waals surface area contributed by atoms with Crippen LogP contribution in [0.25, 0.3) is 0 Å². The first kappa shape index (κ1) is 18.4. The number of carbonyl (C=O) groups is 1. The summed E-state index contributed by atoms with van der Waals surface area (Å²) in [6, 6.07) is 7.91. The zero-order valence-corrected chi connectivity index (χ0v) is 13.2. The van der Waals surface area contributed by atoms with Crippen LogP contribution < -0.4 is 5.48 Å². The molecular weight excluding hydrogens is 286 g/mol. The van der Waals surface area contributed by atoms with E-state index in [1.807, 2.05) is 43.6 Å². The summed E-state index contributed by atoms with van der Waals surface area (Å²) in [5.74, 6) is 0. The standard InChI is InChI=1S/C16H25NO5/c1-3-20-15(21-4-2)7-5-6-13-8-10-14(11-9-13)12-22-17-16(18)19/h8-11,15,17H,3-7,12H2,1-2H3,(H,18,19). The lowest BCUT2D eigenvalue weighted by Crippen LogP contribution is -2.20. The van der Waals surface area contributed by atoms with Gasteiger partial charge in [-0.05, 0) is 44.2 Å². The maximum absolute atomic E-state index is 10.3.